The van der Waals surface area contributed by atoms with Crippen LogP contribution in [0.2, 0.25) is 0 Å². The molecule has 2 aromatic rings. The van der Waals surface area contributed by atoms with Gasteiger partial charge < -0.3 is 0 Å². The predicted octanol–water partition coefficient (Wildman–Crippen LogP) is 4.61. The van der Waals surface area contributed by atoms with Crippen molar-refractivity contribution in [2.75, 3.05) is 0 Å². The molecule has 6 heteroatoms. The number of benzene rings is 2. The SMILES string of the molecule is Cc1ccccc1CN1C(=O)C(C)S/C1=N/N=C/c1ccc(Br)cc1. The van der Waals surface area contributed by atoms with Crippen LogP contribution in [0.5, 0.6) is 0 Å². The Bertz CT molecular complexity index is 833. The van der Waals surface area contributed by atoms with Gasteiger partial charge in [-0.3, -0.25) is 9.69 Å². The molecule has 3 rings (SSSR count). The third-order valence-electron chi connectivity index (χ3n) is 3.94. The summed E-state index contributed by atoms with van der Waals surface area (Å²) in [6.45, 7) is 4.48. The van der Waals surface area contributed by atoms with Gasteiger partial charge in [0.15, 0.2) is 5.17 Å². The van der Waals surface area contributed by atoms with Gasteiger partial charge in [-0.15, -0.1) is 5.10 Å². The fourth-order valence-electron chi connectivity index (χ4n) is 2.46. The summed E-state index contributed by atoms with van der Waals surface area (Å²) in [7, 11) is 0. The Kier molecular flexibility index (Phi) is 5.71. The number of carbonyl (C=O) groups excluding carboxylic acids is 1. The quantitative estimate of drug-likeness (QED) is 0.540. The van der Waals surface area contributed by atoms with E-state index < -0.39 is 0 Å². The topological polar surface area (TPSA) is 45.0 Å². The minimum atomic E-state index is -0.134. The van der Waals surface area contributed by atoms with Crippen molar-refractivity contribution < 1.29 is 4.79 Å². The number of hydrogen-bond donors (Lipinski definition) is 0. The van der Waals surface area contributed by atoms with Crippen molar-refractivity contribution in [3.63, 3.8) is 0 Å². The molecule has 1 saturated heterocycles. The lowest BCUT2D eigenvalue weighted by atomic mass is 10.1. The number of aryl methyl sites for hydroxylation is 1. The van der Waals surface area contributed by atoms with Gasteiger partial charge >= 0.3 is 0 Å². The van der Waals surface area contributed by atoms with Crippen molar-refractivity contribution in [3.8, 4) is 0 Å². The first-order valence-electron chi connectivity index (χ1n) is 7.94. The maximum absolute atomic E-state index is 12.5. The molecule has 1 aliphatic heterocycles. The van der Waals surface area contributed by atoms with Gasteiger partial charge in [-0.1, -0.05) is 64.1 Å². The van der Waals surface area contributed by atoms with Gasteiger partial charge in [0.1, 0.15) is 0 Å². The highest BCUT2D eigenvalue weighted by atomic mass is 79.9. The molecule has 1 heterocycles. The van der Waals surface area contributed by atoms with Crippen molar-refractivity contribution in [2.24, 2.45) is 10.2 Å². The van der Waals surface area contributed by atoms with E-state index in [4.69, 9.17) is 0 Å². The van der Waals surface area contributed by atoms with E-state index in [1.54, 1.807) is 11.1 Å². The largest absolute Gasteiger partial charge is 0.284 e. The zero-order chi connectivity index (χ0) is 17.8. The Morgan fingerprint density at radius 2 is 1.92 bits per heavy atom. The molecular weight excluding hydrogens is 398 g/mol. The summed E-state index contributed by atoms with van der Waals surface area (Å²) in [4.78, 5) is 14.2. The molecule has 128 valence electrons. The maximum Gasteiger partial charge on any atom is 0.242 e. The van der Waals surface area contributed by atoms with Crippen LogP contribution in [-0.4, -0.2) is 27.4 Å². The van der Waals surface area contributed by atoms with Gasteiger partial charge in [-0.05, 0) is 42.7 Å². The molecule has 0 aromatic heterocycles. The van der Waals surface area contributed by atoms with E-state index >= 15 is 0 Å². The minimum Gasteiger partial charge on any atom is -0.284 e. The summed E-state index contributed by atoms with van der Waals surface area (Å²) in [5, 5.41) is 8.97. The Balaban J connectivity index is 1.79. The molecule has 0 saturated carbocycles. The molecule has 0 radical (unpaired) electrons. The van der Waals surface area contributed by atoms with Crippen molar-refractivity contribution in [2.45, 2.75) is 25.6 Å². The summed E-state index contributed by atoms with van der Waals surface area (Å²) in [5.41, 5.74) is 3.24. The fraction of sp³-hybridized carbons (Fsp3) is 0.211. The number of amidine groups is 1. The normalized spacial score (nSPS) is 19.3. The van der Waals surface area contributed by atoms with Gasteiger partial charge in [-0.25, -0.2) is 0 Å². The molecule has 1 fully saturated rings. The van der Waals surface area contributed by atoms with E-state index in [-0.39, 0.29) is 11.2 Å². The molecule has 0 bridgehead atoms. The number of nitrogens with zero attached hydrogens (tertiary/aromatic N) is 3. The molecule has 25 heavy (non-hydrogen) atoms. The fourth-order valence-corrected chi connectivity index (χ4v) is 3.65. The lowest BCUT2D eigenvalue weighted by molar-refractivity contribution is -0.126. The summed E-state index contributed by atoms with van der Waals surface area (Å²) < 4.78 is 1.02. The third-order valence-corrected chi connectivity index (χ3v) is 5.53. The van der Waals surface area contributed by atoms with Gasteiger partial charge in [0, 0.05) is 4.47 Å². The second-order valence-electron chi connectivity index (χ2n) is 5.79. The average molecular weight is 416 g/mol. The number of carbonyl (C=O) groups is 1. The maximum atomic E-state index is 12.5. The van der Waals surface area contributed by atoms with Crippen molar-refractivity contribution in [1.82, 2.24) is 4.90 Å². The van der Waals surface area contributed by atoms with Crippen LogP contribution in [0.25, 0.3) is 0 Å². The Labute approximate surface area is 160 Å². The Hall–Kier alpha value is -1.92. The highest BCUT2D eigenvalue weighted by Gasteiger charge is 2.35. The first-order chi connectivity index (χ1) is 12.0. The molecule has 1 unspecified atom stereocenters. The monoisotopic (exact) mass is 415 g/mol. The number of hydrogen-bond acceptors (Lipinski definition) is 4. The summed E-state index contributed by atoms with van der Waals surface area (Å²) in [6.07, 6.45) is 1.69. The van der Waals surface area contributed by atoms with E-state index in [1.165, 1.54) is 11.8 Å². The van der Waals surface area contributed by atoms with E-state index in [2.05, 4.69) is 39.1 Å². The molecule has 1 amide bonds. The number of halogens is 1. The smallest absolute Gasteiger partial charge is 0.242 e. The van der Waals surface area contributed by atoms with Gasteiger partial charge in [0.25, 0.3) is 0 Å². The first-order valence-corrected chi connectivity index (χ1v) is 9.61. The van der Waals surface area contributed by atoms with Crippen LogP contribution < -0.4 is 0 Å². The first kappa shape index (κ1) is 17.9. The lowest BCUT2D eigenvalue weighted by Gasteiger charge is -2.16. The molecular formula is C19H18BrN3OS. The zero-order valence-electron chi connectivity index (χ0n) is 14.0. The molecule has 2 aromatic carbocycles. The van der Waals surface area contributed by atoms with Crippen LogP contribution in [-0.2, 0) is 11.3 Å². The average Bonchev–Trinajstić information content (AvgIpc) is 2.86. The predicted molar refractivity (Wildman–Crippen MR) is 108 cm³/mol. The van der Waals surface area contributed by atoms with Crippen molar-refractivity contribution >= 4 is 45.0 Å². The van der Waals surface area contributed by atoms with E-state index in [0.717, 1.165) is 21.2 Å². The second-order valence-corrected chi connectivity index (χ2v) is 8.01. The Morgan fingerprint density at radius 1 is 1.20 bits per heavy atom. The van der Waals surface area contributed by atoms with Crippen molar-refractivity contribution in [3.05, 3.63) is 69.7 Å². The summed E-state index contributed by atoms with van der Waals surface area (Å²) >= 11 is 4.86. The van der Waals surface area contributed by atoms with Crippen molar-refractivity contribution in [1.29, 1.82) is 0 Å². The van der Waals surface area contributed by atoms with Crippen LogP contribution in [0.3, 0.4) is 0 Å². The van der Waals surface area contributed by atoms with Gasteiger partial charge in [0.2, 0.25) is 5.91 Å². The third kappa shape index (κ3) is 4.38. The van der Waals surface area contributed by atoms with Crippen LogP contribution >= 0.6 is 27.7 Å². The summed E-state index contributed by atoms with van der Waals surface area (Å²) in [6, 6.07) is 15.9. The van der Waals surface area contributed by atoms with E-state index in [0.29, 0.717) is 11.7 Å². The number of amides is 1. The highest BCUT2D eigenvalue weighted by molar-refractivity contribution is 9.10. The minimum absolute atomic E-state index is 0.0749. The van der Waals surface area contributed by atoms with Crippen LogP contribution in [0.1, 0.15) is 23.6 Å². The van der Waals surface area contributed by atoms with Crippen LogP contribution in [0, 0.1) is 6.92 Å². The lowest BCUT2D eigenvalue weighted by Crippen LogP contribution is -2.31. The van der Waals surface area contributed by atoms with E-state index in [9.17, 15) is 4.79 Å². The molecule has 1 aliphatic rings. The zero-order valence-corrected chi connectivity index (χ0v) is 16.4. The molecule has 0 N–H and O–H groups in total. The number of thioether (sulfide) groups is 1. The van der Waals surface area contributed by atoms with Gasteiger partial charge in [0.05, 0.1) is 18.0 Å². The highest BCUT2D eigenvalue weighted by Crippen LogP contribution is 2.29. The van der Waals surface area contributed by atoms with Crippen LogP contribution in [0.15, 0.2) is 63.2 Å². The number of rotatable bonds is 4. The van der Waals surface area contributed by atoms with E-state index in [1.807, 2.05) is 49.4 Å². The second kappa shape index (κ2) is 7.97. The standard InChI is InChI=1S/C19H18BrN3OS/c1-13-5-3-4-6-16(13)12-23-18(24)14(2)25-19(23)22-21-11-15-7-9-17(20)10-8-15/h3-11,14H,12H2,1-2H3/b21-11+,22-19+. The van der Waals surface area contributed by atoms with Crippen LogP contribution in [0.4, 0.5) is 0 Å². The summed E-state index contributed by atoms with van der Waals surface area (Å²) in [5.74, 6) is 0.0749. The molecule has 4 nitrogen and oxygen atoms in total. The molecule has 1 atom stereocenters. The molecule has 0 aliphatic carbocycles. The molecule has 0 spiro atoms. The Morgan fingerprint density at radius 3 is 2.64 bits per heavy atom. The van der Waals surface area contributed by atoms with Gasteiger partial charge in [-0.2, -0.15) is 5.10 Å².